The van der Waals surface area contributed by atoms with Gasteiger partial charge in [0.05, 0.1) is 0 Å². The molecule has 2 heterocycles. The Morgan fingerprint density at radius 1 is 1.52 bits per heavy atom. The number of aliphatic hydroxyl groups excluding tert-OH is 1. The van der Waals surface area contributed by atoms with Crippen LogP contribution in [0.25, 0.3) is 0 Å². The highest BCUT2D eigenvalue weighted by Gasteiger charge is 2.32. The van der Waals surface area contributed by atoms with Crippen molar-refractivity contribution in [3.8, 4) is 0 Å². The van der Waals surface area contributed by atoms with Crippen LogP contribution in [0.3, 0.4) is 0 Å². The summed E-state index contributed by atoms with van der Waals surface area (Å²) < 4.78 is 37.3. The highest BCUT2D eigenvalue weighted by atomic mass is 19.4. The fourth-order valence-corrected chi connectivity index (χ4v) is 2.33. The second kappa shape index (κ2) is 5.92. The summed E-state index contributed by atoms with van der Waals surface area (Å²) in [4.78, 5) is 13.5. The summed E-state index contributed by atoms with van der Waals surface area (Å²) in [6.45, 7) is 1.67. The summed E-state index contributed by atoms with van der Waals surface area (Å²) in [6, 6.07) is 0.891. The molecule has 0 unspecified atom stereocenters. The molecule has 2 rings (SSSR count). The van der Waals surface area contributed by atoms with Crippen LogP contribution < -0.4 is 5.32 Å². The highest BCUT2D eigenvalue weighted by molar-refractivity contribution is 5.88. The van der Waals surface area contributed by atoms with E-state index in [4.69, 9.17) is 5.11 Å². The van der Waals surface area contributed by atoms with Crippen molar-refractivity contribution in [2.45, 2.75) is 19.6 Å². The molecule has 1 fully saturated rings. The molecular weight excluding hydrogens is 289 g/mol. The van der Waals surface area contributed by atoms with Crippen molar-refractivity contribution in [3.63, 3.8) is 0 Å². The summed E-state index contributed by atoms with van der Waals surface area (Å²) in [5.41, 5.74) is 0. The summed E-state index contributed by atoms with van der Waals surface area (Å²) in [5, 5.41) is 15.3. The first-order valence-electron chi connectivity index (χ1n) is 6.55. The molecule has 0 radical (unpaired) electrons. The van der Waals surface area contributed by atoms with Gasteiger partial charge < -0.3 is 10.0 Å². The number of hydrogen-bond donors (Lipinski definition) is 2. The second-order valence-corrected chi connectivity index (χ2v) is 5.27. The molecule has 0 bridgehead atoms. The number of likely N-dealkylation sites (tertiary alicyclic amines) is 1. The Labute approximate surface area is 119 Å². The summed E-state index contributed by atoms with van der Waals surface area (Å²) in [5.74, 6) is 0.284. The van der Waals surface area contributed by atoms with Crippen molar-refractivity contribution in [2.24, 2.45) is 11.8 Å². The molecule has 6 nitrogen and oxygen atoms in total. The number of amides is 2. The molecule has 2 N–H and O–H groups in total. The molecule has 21 heavy (non-hydrogen) atoms. The zero-order valence-corrected chi connectivity index (χ0v) is 11.5. The topological polar surface area (TPSA) is 70.4 Å². The minimum absolute atomic E-state index is 0.00512. The van der Waals surface area contributed by atoms with Gasteiger partial charge in [0.1, 0.15) is 6.54 Å². The van der Waals surface area contributed by atoms with Gasteiger partial charge >= 0.3 is 12.2 Å². The number of aromatic nitrogens is 2. The molecule has 2 atom stereocenters. The van der Waals surface area contributed by atoms with E-state index in [0.29, 0.717) is 13.1 Å². The van der Waals surface area contributed by atoms with Crippen LogP contribution >= 0.6 is 0 Å². The number of nitrogens with zero attached hydrogens (tertiary/aromatic N) is 3. The SMILES string of the molecule is C[C@@H]1CN(C(=O)Nc2ccn(CC(F)(F)F)n2)C[C@H]1CO. The molecule has 2 amide bonds. The van der Waals surface area contributed by atoms with Crippen LogP contribution in [0.1, 0.15) is 6.92 Å². The Kier molecular flexibility index (Phi) is 4.40. The van der Waals surface area contributed by atoms with Crippen molar-refractivity contribution in [2.75, 3.05) is 25.0 Å². The number of nitrogens with one attached hydrogen (secondary N) is 1. The quantitative estimate of drug-likeness (QED) is 0.890. The maximum atomic E-state index is 12.2. The Balaban J connectivity index is 1.92. The van der Waals surface area contributed by atoms with E-state index < -0.39 is 18.8 Å². The largest absolute Gasteiger partial charge is 0.408 e. The van der Waals surface area contributed by atoms with Gasteiger partial charge in [-0.1, -0.05) is 6.92 Å². The molecule has 9 heteroatoms. The molecule has 1 aliphatic rings. The monoisotopic (exact) mass is 306 g/mol. The van der Waals surface area contributed by atoms with Gasteiger partial charge in [-0.3, -0.25) is 10.00 Å². The molecule has 1 aromatic heterocycles. The Hall–Kier alpha value is -1.77. The first-order valence-corrected chi connectivity index (χ1v) is 6.55. The van der Waals surface area contributed by atoms with Crippen LogP contribution in [0.2, 0.25) is 0 Å². The standard InChI is InChI=1S/C12H17F3N4O2/c1-8-4-18(5-9(8)6-20)11(21)16-10-2-3-19(17-10)7-12(13,14)15/h2-3,8-9,20H,4-7H2,1H3,(H,16,17,21)/t8-,9+/m1/s1. The van der Waals surface area contributed by atoms with Crippen LogP contribution in [0.5, 0.6) is 0 Å². The van der Waals surface area contributed by atoms with Crippen molar-refractivity contribution >= 4 is 11.8 Å². The lowest BCUT2D eigenvalue weighted by Gasteiger charge is -2.15. The lowest BCUT2D eigenvalue weighted by Crippen LogP contribution is -2.33. The molecule has 1 aliphatic heterocycles. The average molecular weight is 306 g/mol. The number of anilines is 1. The number of rotatable bonds is 3. The Morgan fingerprint density at radius 3 is 2.81 bits per heavy atom. The Morgan fingerprint density at radius 2 is 2.24 bits per heavy atom. The summed E-state index contributed by atoms with van der Waals surface area (Å²) in [6.07, 6.45) is -3.20. The van der Waals surface area contributed by atoms with Gasteiger partial charge in [-0.15, -0.1) is 0 Å². The highest BCUT2D eigenvalue weighted by Crippen LogP contribution is 2.23. The minimum Gasteiger partial charge on any atom is -0.396 e. The predicted octanol–water partition coefficient (Wildman–Crippen LogP) is 1.54. The molecule has 0 spiro atoms. The first kappa shape index (κ1) is 15.6. The fourth-order valence-electron chi connectivity index (χ4n) is 2.33. The maximum Gasteiger partial charge on any atom is 0.408 e. The van der Waals surface area contributed by atoms with Gasteiger partial charge in [0.2, 0.25) is 0 Å². The molecule has 0 aromatic carbocycles. The van der Waals surface area contributed by atoms with Crippen molar-refractivity contribution in [1.82, 2.24) is 14.7 Å². The van der Waals surface area contributed by atoms with Gasteiger partial charge in [-0.25, -0.2) is 4.79 Å². The Bertz CT molecular complexity index is 503. The van der Waals surface area contributed by atoms with Gasteiger partial charge in [-0.2, -0.15) is 18.3 Å². The molecular formula is C12H17F3N4O2. The van der Waals surface area contributed by atoms with E-state index in [9.17, 15) is 18.0 Å². The van der Waals surface area contributed by atoms with E-state index in [-0.39, 0.29) is 24.3 Å². The number of carbonyl (C=O) groups is 1. The fraction of sp³-hybridized carbons (Fsp3) is 0.667. The molecule has 1 aromatic rings. The van der Waals surface area contributed by atoms with Crippen LogP contribution in [0.4, 0.5) is 23.8 Å². The normalized spacial score (nSPS) is 22.6. The van der Waals surface area contributed by atoms with Gasteiger partial charge in [0.25, 0.3) is 0 Å². The minimum atomic E-state index is -4.36. The predicted molar refractivity (Wildman–Crippen MR) is 68.6 cm³/mol. The van der Waals surface area contributed by atoms with E-state index in [0.717, 1.165) is 10.9 Å². The third-order valence-electron chi connectivity index (χ3n) is 3.51. The lowest BCUT2D eigenvalue weighted by molar-refractivity contribution is -0.142. The number of carbonyl (C=O) groups excluding carboxylic acids is 1. The van der Waals surface area contributed by atoms with Crippen LogP contribution in [0, 0.1) is 11.8 Å². The third-order valence-corrected chi connectivity index (χ3v) is 3.51. The third kappa shape index (κ3) is 4.10. The van der Waals surface area contributed by atoms with Gasteiger partial charge in [-0.05, 0) is 5.92 Å². The van der Waals surface area contributed by atoms with E-state index in [1.54, 1.807) is 0 Å². The van der Waals surface area contributed by atoms with Crippen molar-refractivity contribution < 1.29 is 23.1 Å². The second-order valence-electron chi connectivity index (χ2n) is 5.27. The zero-order valence-electron chi connectivity index (χ0n) is 11.5. The number of urea groups is 1. The van der Waals surface area contributed by atoms with Gasteiger partial charge in [0.15, 0.2) is 5.82 Å². The van der Waals surface area contributed by atoms with Gasteiger partial charge in [0, 0.05) is 37.9 Å². The first-order chi connectivity index (χ1) is 9.78. The van der Waals surface area contributed by atoms with Crippen LogP contribution in [-0.4, -0.2) is 51.7 Å². The number of aliphatic hydroxyl groups is 1. The lowest BCUT2D eigenvalue weighted by atomic mass is 10.00. The average Bonchev–Trinajstić information content (AvgIpc) is 2.94. The summed E-state index contributed by atoms with van der Waals surface area (Å²) in [7, 11) is 0. The van der Waals surface area contributed by atoms with Crippen LogP contribution in [0.15, 0.2) is 12.3 Å². The van der Waals surface area contributed by atoms with E-state index in [2.05, 4.69) is 10.4 Å². The van der Waals surface area contributed by atoms with Crippen LogP contribution in [-0.2, 0) is 6.54 Å². The van der Waals surface area contributed by atoms with E-state index in [1.165, 1.54) is 11.0 Å². The molecule has 0 saturated carbocycles. The smallest absolute Gasteiger partial charge is 0.396 e. The molecule has 1 saturated heterocycles. The van der Waals surface area contributed by atoms with E-state index >= 15 is 0 Å². The zero-order chi connectivity index (χ0) is 15.6. The van der Waals surface area contributed by atoms with E-state index in [1.807, 2.05) is 6.92 Å². The molecule has 118 valence electrons. The van der Waals surface area contributed by atoms with Crippen molar-refractivity contribution in [1.29, 1.82) is 0 Å². The number of hydrogen-bond acceptors (Lipinski definition) is 3. The number of alkyl halides is 3. The molecule has 0 aliphatic carbocycles. The van der Waals surface area contributed by atoms with Crippen molar-refractivity contribution in [3.05, 3.63) is 12.3 Å². The number of halogens is 3. The maximum absolute atomic E-state index is 12.2. The summed E-state index contributed by atoms with van der Waals surface area (Å²) >= 11 is 0.